The van der Waals surface area contributed by atoms with Crippen LogP contribution in [0.3, 0.4) is 0 Å². The van der Waals surface area contributed by atoms with E-state index in [4.69, 9.17) is 9.26 Å². The number of benzene rings is 1. The second-order valence-corrected chi connectivity index (χ2v) is 8.41. The van der Waals surface area contributed by atoms with Gasteiger partial charge in [0.25, 0.3) is 5.89 Å². The summed E-state index contributed by atoms with van der Waals surface area (Å²) in [5.41, 5.74) is 0.873. The van der Waals surface area contributed by atoms with Crippen LogP contribution in [0.5, 0.6) is 0 Å². The Morgan fingerprint density at radius 1 is 1.17 bits per heavy atom. The molecule has 0 unspecified atom stereocenters. The van der Waals surface area contributed by atoms with Crippen LogP contribution < -0.4 is 0 Å². The first kappa shape index (κ1) is 20.0. The van der Waals surface area contributed by atoms with Gasteiger partial charge in [0.15, 0.2) is 5.82 Å². The molecule has 0 spiro atoms. The van der Waals surface area contributed by atoms with Crippen molar-refractivity contribution in [3.8, 4) is 11.5 Å². The van der Waals surface area contributed by atoms with Gasteiger partial charge in [-0.1, -0.05) is 37.2 Å². The lowest BCUT2D eigenvalue weighted by atomic mass is 9.94. The average molecular weight is 399 g/mol. The number of ether oxygens (including phenoxy) is 1. The minimum atomic E-state index is -0.286. The number of likely N-dealkylation sites (tertiary alicyclic amines) is 1. The molecular weight excluding hydrogens is 368 g/mol. The highest BCUT2D eigenvalue weighted by Crippen LogP contribution is 2.29. The summed E-state index contributed by atoms with van der Waals surface area (Å²) in [6.45, 7) is 9.10. The fourth-order valence-electron chi connectivity index (χ4n) is 4.26. The topological polar surface area (TPSA) is 71.7 Å². The molecule has 7 heteroatoms. The molecule has 3 heterocycles. The van der Waals surface area contributed by atoms with E-state index in [9.17, 15) is 4.79 Å². The third kappa shape index (κ3) is 4.67. The molecule has 0 bridgehead atoms. The summed E-state index contributed by atoms with van der Waals surface area (Å²) >= 11 is 0. The smallest absolute Gasteiger partial charge is 0.257 e. The van der Waals surface area contributed by atoms with E-state index in [1.54, 1.807) is 0 Å². The molecule has 156 valence electrons. The molecule has 1 atom stereocenters. The number of piperidine rings is 1. The molecule has 7 nitrogen and oxygen atoms in total. The minimum Gasteiger partial charge on any atom is -0.377 e. The molecule has 0 aliphatic carbocycles. The van der Waals surface area contributed by atoms with E-state index < -0.39 is 0 Å². The Hall–Kier alpha value is -2.25. The van der Waals surface area contributed by atoms with Crippen LogP contribution in [0.1, 0.15) is 38.6 Å². The highest BCUT2D eigenvalue weighted by Gasteiger charge is 2.36. The minimum absolute atomic E-state index is 0.0690. The lowest BCUT2D eigenvalue weighted by Gasteiger charge is -2.39. The second kappa shape index (κ2) is 9.05. The van der Waals surface area contributed by atoms with Crippen LogP contribution in [0.2, 0.25) is 0 Å². The Morgan fingerprint density at radius 3 is 2.66 bits per heavy atom. The second-order valence-electron chi connectivity index (χ2n) is 8.41. The van der Waals surface area contributed by atoms with Gasteiger partial charge < -0.3 is 19.1 Å². The van der Waals surface area contributed by atoms with E-state index in [2.05, 4.69) is 28.9 Å². The summed E-state index contributed by atoms with van der Waals surface area (Å²) in [5, 5.41) is 4.17. The van der Waals surface area contributed by atoms with Crippen molar-refractivity contribution in [2.45, 2.75) is 32.7 Å². The quantitative estimate of drug-likeness (QED) is 0.771. The van der Waals surface area contributed by atoms with Crippen LogP contribution in [0.4, 0.5) is 0 Å². The zero-order valence-corrected chi connectivity index (χ0v) is 17.3. The van der Waals surface area contributed by atoms with E-state index in [0.717, 1.165) is 38.0 Å². The predicted molar refractivity (Wildman–Crippen MR) is 109 cm³/mol. The van der Waals surface area contributed by atoms with Crippen molar-refractivity contribution in [2.24, 2.45) is 11.8 Å². The first-order chi connectivity index (χ1) is 14.1. The Bertz CT molecular complexity index is 799. The van der Waals surface area contributed by atoms with Gasteiger partial charge >= 0.3 is 0 Å². The normalized spacial score (nSPS) is 21.6. The summed E-state index contributed by atoms with van der Waals surface area (Å²) in [6.07, 6.45) is 1.83. The number of hydrogen-bond acceptors (Lipinski definition) is 6. The summed E-state index contributed by atoms with van der Waals surface area (Å²) in [7, 11) is 0. The predicted octanol–water partition coefficient (Wildman–Crippen LogP) is 3.00. The molecule has 2 aliphatic rings. The zero-order valence-electron chi connectivity index (χ0n) is 17.3. The van der Waals surface area contributed by atoms with Gasteiger partial charge in [0.05, 0.1) is 13.2 Å². The van der Waals surface area contributed by atoms with Crippen LogP contribution in [-0.2, 0) is 9.53 Å². The molecule has 1 aromatic heterocycles. The average Bonchev–Trinajstić information content (AvgIpc) is 3.24. The monoisotopic (exact) mass is 398 g/mol. The Labute approximate surface area is 172 Å². The first-order valence-electron chi connectivity index (χ1n) is 10.6. The van der Waals surface area contributed by atoms with Crippen molar-refractivity contribution in [1.82, 2.24) is 19.9 Å². The summed E-state index contributed by atoms with van der Waals surface area (Å²) in [4.78, 5) is 22.3. The van der Waals surface area contributed by atoms with Crippen molar-refractivity contribution in [3.63, 3.8) is 0 Å². The van der Waals surface area contributed by atoms with E-state index >= 15 is 0 Å². The molecule has 0 saturated carbocycles. The number of carbonyl (C=O) groups is 1. The van der Waals surface area contributed by atoms with Crippen LogP contribution >= 0.6 is 0 Å². The zero-order chi connectivity index (χ0) is 20.2. The molecule has 2 saturated heterocycles. The van der Waals surface area contributed by atoms with Crippen LogP contribution in [0.25, 0.3) is 11.5 Å². The van der Waals surface area contributed by atoms with Gasteiger partial charge in [-0.05, 0) is 44.0 Å². The SMILES string of the molecule is CC(C)CN1CCC(C(=O)N2CCOC[C@H]2c2noc(-c3ccccc3)n2)CC1. The largest absolute Gasteiger partial charge is 0.377 e. The van der Waals surface area contributed by atoms with Crippen molar-refractivity contribution in [1.29, 1.82) is 0 Å². The molecule has 4 rings (SSSR count). The number of amides is 1. The number of nitrogens with zero attached hydrogens (tertiary/aromatic N) is 4. The fraction of sp³-hybridized carbons (Fsp3) is 0.591. The highest BCUT2D eigenvalue weighted by atomic mass is 16.5. The van der Waals surface area contributed by atoms with E-state index in [0.29, 0.717) is 37.4 Å². The molecule has 0 N–H and O–H groups in total. The van der Waals surface area contributed by atoms with E-state index in [1.807, 2.05) is 35.2 Å². The molecule has 2 aromatic rings. The van der Waals surface area contributed by atoms with Gasteiger partial charge in [-0.25, -0.2) is 0 Å². The Morgan fingerprint density at radius 2 is 1.93 bits per heavy atom. The number of morpholine rings is 1. The number of aromatic nitrogens is 2. The van der Waals surface area contributed by atoms with Gasteiger partial charge in [0, 0.05) is 24.6 Å². The van der Waals surface area contributed by atoms with Crippen molar-refractivity contribution >= 4 is 5.91 Å². The van der Waals surface area contributed by atoms with Gasteiger partial charge in [0.2, 0.25) is 5.91 Å². The van der Waals surface area contributed by atoms with E-state index in [1.165, 1.54) is 0 Å². The number of rotatable bonds is 5. The van der Waals surface area contributed by atoms with Crippen LogP contribution in [0, 0.1) is 11.8 Å². The lowest BCUT2D eigenvalue weighted by molar-refractivity contribution is -0.146. The van der Waals surface area contributed by atoms with E-state index in [-0.39, 0.29) is 17.9 Å². The fourth-order valence-corrected chi connectivity index (χ4v) is 4.26. The number of carbonyl (C=O) groups excluding carboxylic acids is 1. The van der Waals surface area contributed by atoms with Crippen molar-refractivity contribution in [3.05, 3.63) is 36.2 Å². The third-order valence-electron chi connectivity index (χ3n) is 5.73. The molecule has 2 aliphatic heterocycles. The summed E-state index contributed by atoms with van der Waals surface area (Å²) in [6, 6.07) is 9.40. The molecule has 1 aromatic carbocycles. The first-order valence-corrected chi connectivity index (χ1v) is 10.6. The highest BCUT2D eigenvalue weighted by molar-refractivity contribution is 5.79. The molecular formula is C22H30N4O3. The lowest BCUT2D eigenvalue weighted by Crippen LogP contribution is -2.48. The Balaban J connectivity index is 1.44. The molecule has 1 amide bonds. The maximum atomic E-state index is 13.3. The van der Waals surface area contributed by atoms with Gasteiger partial charge in [-0.15, -0.1) is 0 Å². The van der Waals surface area contributed by atoms with Gasteiger partial charge in [-0.3, -0.25) is 4.79 Å². The molecule has 0 radical (unpaired) electrons. The third-order valence-corrected chi connectivity index (χ3v) is 5.73. The van der Waals surface area contributed by atoms with Crippen LogP contribution in [-0.4, -0.2) is 65.2 Å². The van der Waals surface area contributed by atoms with Gasteiger partial charge in [0.1, 0.15) is 6.04 Å². The Kier molecular flexibility index (Phi) is 6.25. The maximum Gasteiger partial charge on any atom is 0.257 e. The summed E-state index contributed by atoms with van der Waals surface area (Å²) < 4.78 is 11.1. The number of hydrogen-bond donors (Lipinski definition) is 0. The van der Waals surface area contributed by atoms with Crippen molar-refractivity contribution in [2.75, 3.05) is 39.4 Å². The van der Waals surface area contributed by atoms with Gasteiger partial charge in [-0.2, -0.15) is 4.98 Å². The molecule has 29 heavy (non-hydrogen) atoms. The van der Waals surface area contributed by atoms with Crippen molar-refractivity contribution < 1.29 is 14.1 Å². The maximum absolute atomic E-state index is 13.3. The standard InChI is InChI=1S/C22H30N4O3/c1-16(2)14-25-10-8-18(9-11-25)22(27)26-12-13-28-15-19(26)20-23-21(29-24-20)17-6-4-3-5-7-17/h3-7,16,18-19H,8-15H2,1-2H3/t19-/m0/s1. The molecule has 2 fully saturated rings. The summed E-state index contributed by atoms with van der Waals surface area (Å²) in [5.74, 6) is 1.92. The van der Waals surface area contributed by atoms with Crippen LogP contribution in [0.15, 0.2) is 34.9 Å².